The third kappa shape index (κ3) is 5.94. The number of amides is 2. The summed E-state index contributed by atoms with van der Waals surface area (Å²) in [5.74, 6) is -1.36. The van der Waals surface area contributed by atoms with Gasteiger partial charge in [-0.2, -0.15) is 0 Å². The van der Waals surface area contributed by atoms with Crippen molar-refractivity contribution in [1.82, 2.24) is 9.80 Å². The highest BCUT2D eigenvalue weighted by Gasteiger charge is 2.49. The predicted molar refractivity (Wildman–Crippen MR) is 149 cm³/mol. The van der Waals surface area contributed by atoms with Crippen LogP contribution in [0.5, 0.6) is 11.5 Å². The van der Waals surface area contributed by atoms with Crippen LogP contribution < -0.4 is 0 Å². The highest BCUT2D eigenvalue weighted by molar-refractivity contribution is 5.92. The fourth-order valence-electron chi connectivity index (χ4n) is 6.86. The van der Waals surface area contributed by atoms with Crippen LogP contribution in [0.3, 0.4) is 0 Å². The number of phenols is 2. The molecule has 5 atom stereocenters. The van der Waals surface area contributed by atoms with Crippen LogP contribution in [-0.4, -0.2) is 80.3 Å². The molecule has 0 spiro atoms. The van der Waals surface area contributed by atoms with E-state index in [2.05, 4.69) is 27.7 Å². The van der Waals surface area contributed by atoms with Gasteiger partial charge in [0.1, 0.15) is 18.2 Å². The molecule has 3 N–H and O–H groups in total. The minimum absolute atomic E-state index is 0.0599. The maximum absolute atomic E-state index is 13.6. The molecule has 2 aliphatic heterocycles. The Morgan fingerprint density at radius 2 is 1.62 bits per heavy atom. The molecule has 2 unspecified atom stereocenters. The number of nitrogens with zero attached hydrogens (tertiary/aromatic N) is 2. The van der Waals surface area contributed by atoms with Crippen LogP contribution in [0.15, 0.2) is 18.2 Å². The Kier molecular flexibility index (Phi) is 8.74. The lowest BCUT2D eigenvalue weighted by molar-refractivity contribution is -0.160. The van der Waals surface area contributed by atoms with Crippen molar-refractivity contribution in [2.75, 3.05) is 13.1 Å². The van der Waals surface area contributed by atoms with E-state index in [0.717, 1.165) is 19.3 Å². The topological polar surface area (TPSA) is 128 Å². The molecule has 1 aliphatic carbocycles. The first-order valence-electron chi connectivity index (χ1n) is 14.7. The Labute approximate surface area is 237 Å². The van der Waals surface area contributed by atoms with Crippen molar-refractivity contribution in [3.05, 3.63) is 23.8 Å². The summed E-state index contributed by atoms with van der Waals surface area (Å²) in [6.07, 6.45) is 3.68. The number of esters is 1. The molecule has 1 aromatic rings. The highest BCUT2D eigenvalue weighted by Crippen LogP contribution is 2.57. The van der Waals surface area contributed by atoms with E-state index >= 15 is 0 Å². The number of aliphatic hydroxyl groups is 1. The molecule has 222 valence electrons. The first-order valence-corrected chi connectivity index (χ1v) is 14.7. The van der Waals surface area contributed by atoms with Gasteiger partial charge in [0.25, 0.3) is 5.91 Å². The van der Waals surface area contributed by atoms with Gasteiger partial charge in [0.15, 0.2) is 11.5 Å². The Balaban J connectivity index is 1.36. The van der Waals surface area contributed by atoms with Crippen molar-refractivity contribution < 1.29 is 34.4 Å². The molecular weight excluding hydrogens is 512 g/mol. The Bertz CT molecular complexity index is 1120. The number of carbonyl (C=O) groups excluding carboxylic acids is 3. The van der Waals surface area contributed by atoms with E-state index in [1.54, 1.807) is 4.90 Å². The van der Waals surface area contributed by atoms with Crippen LogP contribution in [-0.2, 0) is 25.5 Å². The Morgan fingerprint density at radius 1 is 0.975 bits per heavy atom. The van der Waals surface area contributed by atoms with E-state index in [9.17, 15) is 29.7 Å². The second-order valence-corrected chi connectivity index (χ2v) is 13.2. The molecule has 40 heavy (non-hydrogen) atoms. The molecule has 3 aliphatic rings. The number of benzene rings is 1. The number of hydrogen-bond donors (Lipinski definition) is 3. The molecule has 1 aromatic carbocycles. The van der Waals surface area contributed by atoms with Crippen LogP contribution in [0.2, 0.25) is 0 Å². The van der Waals surface area contributed by atoms with Gasteiger partial charge in [-0.25, -0.2) is 4.79 Å². The smallest absolute Gasteiger partial charge is 0.329 e. The van der Waals surface area contributed by atoms with Crippen LogP contribution in [0.1, 0.15) is 85.1 Å². The zero-order valence-electron chi connectivity index (χ0n) is 24.6. The molecule has 4 rings (SSSR count). The van der Waals surface area contributed by atoms with Gasteiger partial charge < -0.3 is 29.9 Å². The van der Waals surface area contributed by atoms with E-state index in [1.807, 2.05) is 6.92 Å². The maximum atomic E-state index is 13.6. The quantitative estimate of drug-likeness (QED) is 0.327. The largest absolute Gasteiger partial charge is 0.504 e. The van der Waals surface area contributed by atoms with Gasteiger partial charge in [0.05, 0.1) is 6.10 Å². The molecule has 0 aromatic heterocycles. The zero-order chi connectivity index (χ0) is 29.4. The average molecular weight is 559 g/mol. The predicted octanol–water partition coefficient (Wildman–Crippen LogP) is 3.77. The lowest BCUT2D eigenvalue weighted by Crippen LogP contribution is -2.53. The Morgan fingerprint density at radius 3 is 2.25 bits per heavy atom. The summed E-state index contributed by atoms with van der Waals surface area (Å²) in [4.78, 5) is 43.0. The van der Waals surface area contributed by atoms with Gasteiger partial charge in [-0.15, -0.1) is 0 Å². The van der Waals surface area contributed by atoms with Crippen molar-refractivity contribution in [2.24, 2.45) is 16.7 Å². The highest BCUT2D eigenvalue weighted by atomic mass is 16.5. The fraction of sp³-hybridized carbons (Fsp3) is 0.710. The van der Waals surface area contributed by atoms with Crippen LogP contribution in [0.4, 0.5) is 0 Å². The molecule has 0 radical (unpaired) electrons. The average Bonchev–Trinajstić information content (AvgIpc) is 3.61. The third-order valence-electron chi connectivity index (χ3n) is 10.2. The summed E-state index contributed by atoms with van der Waals surface area (Å²) in [5, 5.41) is 29.9. The van der Waals surface area contributed by atoms with E-state index in [1.165, 1.54) is 23.1 Å². The van der Waals surface area contributed by atoms with Crippen molar-refractivity contribution in [1.29, 1.82) is 0 Å². The van der Waals surface area contributed by atoms with Crippen LogP contribution in [0, 0.1) is 16.7 Å². The minimum atomic E-state index is -1.40. The first kappa shape index (κ1) is 30.2. The number of hydrogen-bond acceptors (Lipinski definition) is 7. The van der Waals surface area contributed by atoms with Gasteiger partial charge in [-0.05, 0) is 86.3 Å². The number of phenolic OH excluding ortho intramolecular Hbond substituents is 2. The van der Waals surface area contributed by atoms with Gasteiger partial charge in [-0.1, -0.05) is 33.8 Å². The van der Waals surface area contributed by atoms with E-state index in [-0.39, 0.29) is 46.7 Å². The second-order valence-electron chi connectivity index (χ2n) is 13.2. The summed E-state index contributed by atoms with van der Waals surface area (Å²) in [7, 11) is 0. The van der Waals surface area contributed by atoms with Crippen molar-refractivity contribution in [3.8, 4) is 11.5 Å². The summed E-state index contributed by atoms with van der Waals surface area (Å²) in [6, 6.07) is 2.73. The molecule has 3 fully saturated rings. The zero-order valence-corrected chi connectivity index (χ0v) is 24.6. The van der Waals surface area contributed by atoms with Crippen molar-refractivity contribution in [2.45, 2.75) is 110 Å². The normalized spacial score (nSPS) is 27.0. The summed E-state index contributed by atoms with van der Waals surface area (Å²) in [6.45, 7) is 11.9. The standard InChI is InChI=1S/C31H46N2O7/c1-19(16-21-12-13-30(2,3)31(21,4)5)40-29(39)23-9-7-15-33(23)27(37)22-8-6-14-32(22)28(38)26(36)18-20-10-11-24(34)25(35)17-20/h10-11,17,19,21-23,26,34-36H,6-9,12-16,18H2,1-5H3/t19?,21?,22-,23-,26+/m0/s1. The van der Waals surface area contributed by atoms with Crippen LogP contribution in [0.25, 0.3) is 0 Å². The van der Waals surface area contributed by atoms with Crippen LogP contribution >= 0.6 is 0 Å². The van der Waals surface area contributed by atoms with Gasteiger partial charge in [0, 0.05) is 19.5 Å². The maximum Gasteiger partial charge on any atom is 0.329 e. The summed E-state index contributed by atoms with van der Waals surface area (Å²) >= 11 is 0. The molecule has 1 saturated carbocycles. The SMILES string of the molecule is CC(CC1CCC(C)(C)C1(C)C)OC(=O)[C@@H]1CCCN1C(=O)[C@@H]1CCCN1C(=O)[C@H](O)Cc1ccc(O)c(O)c1. The molecule has 0 bridgehead atoms. The van der Waals surface area contributed by atoms with E-state index in [4.69, 9.17) is 4.74 Å². The van der Waals surface area contributed by atoms with Crippen molar-refractivity contribution >= 4 is 17.8 Å². The lowest BCUT2D eigenvalue weighted by Gasteiger charge is -2.40. The summed E-state index contributed by atoms with van der Waals surface area (Å²) < 4.78 is 5.91. The van der Waals surface area contributed by atoms with Gasteiger partial charge in [-0.3, -0.25) is 9.59 Å². The van der Waals surface area contributed by atoms with Gasteiger partial charge in [0.2, 0.25) is 5.91 Å². The van der Waals surface area contributed by atoms with Crippen molar-refractivity contribution in [3.63, 3.8) is 0 Å². The van der Waals surface area contributed by atoms with Gasteiger partial charge >= 0.3 is 5.97 Å². The molecular formula is C31H46N2O7. The summed E-state index contributed by atoms with van der Waals surface area (Å²) in [5.41, 5.74) is 0.869. The number of aliphatic hydroxyl groups excluding tert-OH is 1. The molecule has 2 amide bonds. The fourth-order valence-corrected chi connectivity index (χ4v) is 6.86. The minimum Gasteiger partial charge on any atom is -0.504 e. The third-order valence-corrected chi connectivity index (χ3v) is 10.2. The monoisotopic (exact) mass is 558 g/mol. The molecule has 9 nitrogen and oxygen atoms in total. The number of ether oxygens (including phenoxy) is 1. The first-order chi connectivity index (χ1) is 18.7. The molecule has 2 saturated heterocycles. The Hall–Kier alpha value is -2.81. The second kappa shape index (κ2) is 11.6. The number of carbonyl (C=O) groups is 3. The number of aromatic hydroxyl groups is 2. The molecule has 2 heterocycles. The lowest BCUT2D eigenvalue weighted by atomic mass is 9.66. The number of likely N-dealkylation sites (tertiary alicyclic amines) is 2. The van der Waals surface area contributed by atoms with E-state index in [0.29, 0.717) is 50.3 Å². The number of rotatable bonds is 8. The van der Waals surface area contributed by atoms with E-state index < -0.39 is 24.1 Å². The molecule has 9 heteroatoms.